The van der Waals surface area contributed by atoms with Crippen LogP contribution in [0.2, 0.25) is 10.0 Å². The monoisotopic (exact) mass is 521 g/mol. The number of Topliss-reactive ketones (excluding diaryl/α,β-unsaturated/α-hetero) is 1. The van der Waals surface area contributed by atoms with E-state index in [0.29, 0.717) is 25.8 Å². The predicted octanol–water partition coefficient (Wildman–Crippen LogP) is 4.70. The highest BCUT2D eigenvalue weighted by Crippen LogP contribution is 2.47. The number of carbonyl (C=O) groups excluding carboxylic acids is 1. The highest BCUT2D eigenvalue weighted by Gasteiger charge is 2.52. The van der Waals surface area contributed by atoms with E-state index in [4.69, 9.17) is 23.2 Å². The fourth-order valence-corrected chi connectivity index (χ4v) is 7.18. The lowest BCUT2D eigenvalue weighted by Crippen LogP contribution is -2.57. The standard InChI is InChI=1S/C24H22Cl2FN3O3S/c1-15(31)24-12-16-13-28-30(19-4-2-18(27)3-5-19)23(16)10-17(24)8-9-29(14-24)34(32,33)20-6-7-21(25)22(26)11-20/h2-7,11,13,17H,8-10,12,14H2,1H3/t17-,24+/m0/s1. The fraction of sp³-hybridized carbons (Fsp3) is 0.333. The van der Waals surface area contributed by atoms with Crippen molar-refractivity contribution in [1.82, 2.24) is 14.1 Å². The Bertz CT molecular complexity index is 1390. The molecular formula is C24H22Cl2FN3O3S. The van der Waals surface area contributed by atoms with Crippen LogP contribution in [-0.4, -0.2) is 41.4 Å². The quantitative estimate of drug-likeness (QED) is 0.498. The zero-order chi connectivity index (χ0) is 24.3. The molecule has 1 aliphatic heterocycles. The van der Waals surface area contributed by atoms with E-state index < -0.39 is 15.4 Å². The minimum atomic E-state index is -3.86. The summed E-state index contributed by atoms with van der Waals surface area (Å²) < 4.78 is 43.4. The van der Waals surface area contributed by atoms with Gasteiger partial charge in [0.2, 0.25) is 10.0 Å². The first-order valence-electron chi connectivity index (χ1n) is 10.9. The van der Waals surface area contributed by atoms with Gasteiger partial charge in [0.15, 0.2) is 0 Å². The average Bonchev–Trinajstić information content (AvgIpc) is 3.21. The third-order valence-corrected chi connectivity index (χ3v) is 9.75. The van der Waals surface area contributed by atoms with E-state index in [1.54, 1.807) is 23.0 Å². The van der Waals surface area contributed by atoms with Crippen LogP contribution in [0, 0.1) is 17.2 Å². The molecular weight excluding hydrogens is 500 g/mol. The van der Waals surface area contributed by atoms with E-state index >= 15 is 0 Å². The Hall–Kier alpha value is -2.26. The van der Waals surface area contributed by atoms with Crippen LogP contribution in [0.1, 0.15) is 24.6 Å². The molecule has 2 atom stereocenters. The van der Waals surface area contributed by atoms with Crippen LogP contribution in [-0.2, 0) is 27.7 Å². The predicted molar refractivity (Wildman–Crippen MR) is 127 cm³/mol. The summed E-state index contributed by atoms with van der Waals surface area (Å²) in [5, 5.41) is 4.94. The van der Waals surface area contributed by atoms with Crippen molar-refractivity contribution in [2.75, 3.05) is 13.1 Å². The molecule has 2 aliphatic rings. The summed E-state index contributed by atoms with van der Waals surface area (Å²) >= 11 is 12.0. The largest absolute Gasteiger partial charge is 0.299 e. The first-order valence-corrected chi connectivity index (χ1v) is 13.1. The normalized spacial score (nSPS) is 22.8. The van der Waals surface area contributed by atoms with E-state index in [9.17, 15) is 17.6 Å². The number of halogens is 3. The van der Waals surface area contributed by atoms with E-state index in [-0.39, 0.29) is 39.0 Å². The molecule has 0 bridgehead atoms. The van der Waals surface area contributed by atoms with Crippen LogP contribution in [0.25, 0.3) is 5.69 Å². The van der Waals surface area contributed by atoms with Crippen LogP contribution in [0.15, 0.2) is 53.6 Å². The van der Waals surface area contributed by atoms with Gasteiger partial charge < -0.3 is 0 Å². The lowest BCUT2D eigenvalue weighted by molar-refractivity contribution is -0.133. The minimum absolute atomic E-state index is 0.0337. The van der Waals surface area contributed by atoms with E-state index in [2.05, 4.69) is 5.10 Å². The van der Waals surface area contributed by atoms with Crippen molar-refractivity contribution < 1.29 is 17.6 Å². The Morgan fingerprint density at radius 2 is 1.88 bits per heavy atom. The van der Waals surface area contributed by atoms with Crippen molar-refractivity contribution >= 4 is 39.0 Å². The van der Waals surface area contributed by atoms with Crippen molar-refractivity contribution in [2.24, 2.45) is 11.3 Å². The van der Waals surface area contributed by atoms with Crippen LogP contribution in [0.4, 0.5) is 4.39 Å². The number of piperidine rings is 1. The molecule has 0 saturated carbocycles. The van der Waals surface area contributed by atoms with Crippen LogP contribution >= 0.6 is 23.2 Å². The van der Waals surface area contributed by atoms with Gasteiger partial charge in [-0.2, -0.15) is 9.40 Å². The first-order chi connectivity index (χ1) is 16.1. The molecule has 0 N–H and O–H groups in total. The number of fused-ring (bicyclic) bond motifs is 2. The number of rotatable bonds is 4. The van der Waals surface area contributed by atoms with Crippen molar-refractivity contribution in [2.45, 2.75) is 31.1 Å². The lowest BCUT2D eigenvalue weighted by Gasteiger charge is -2.48. The summed E-state index contributed by atoms with van der Waals surface area (Å²) in [6.07, 6.45) is 3.25. The van der Waals surface area contributed by atoms with Gasteiger partial charge in [-0.05, 0) is 80.1 Å². The van der Waals surface area contributed by atoms with Gasteiger partial charge in [-0.15, -0.1) is 0 Å². The van der Waals surface area contributed by atoms with E-state index in [1.165, 1.54) is 41.6 Å². The second-order valence-corrected chi connectivity index (χ2v) is 11.8. The Balaban J connectivity index is 1.49. The summed E-state index contributed by atoms with van der Waals surface area (Å²) in [7, 11) is -3.86. The third-order valence-electron chi connectivity index (χ3n) is 7.17. The molecule has 2 aromatic carbocycles. The fourth-order valence-electron chi connectivity index (χ4n) is 5.26. The molecule has 178 valence electrons. The molecule has 34 heavy (non-hydrogen) atoms. The van der Waals surface area contributed by atoms with Gasteiger partial charge in [0.1, 0.15) is 11.6 Å². The number of hydrogen-bond donors (Lipinski definition) is 0. The molecule has 10 heteroatoms. The number of ketones is 1. The molecule has 1 saturated heterocycles. The maximum atomic E-state index is 13.4. The van der Waals surface area contributed by atoms with Gasteiger partial charge in [0.05, 0.1) is 26.8 Å². The van der Waals surface area contributed by atoms with Crippen molar-refractivity contribution in [1.29, 1.82) is 0 Å². The van der Waals surface area contributed by atoms with Crippen LogP contribution in [0.3, 0.4) is 0 Å². The first kappa shape index (κ1) is 23.5. The lowest BCUT2D eigenvalue weighted by atomic mass is 9.61. The second-order valence-electron chi connectivity index (χ2n) is 9.00. The highest BCUT2D eigenvalue weighted by atomic mass is 35.5. The Morgan fingerprint density at radius 3 is 2.56 bits per heavy atom. The SMILES string of the molecule is CC(=O)[C@]12Cc3cnn(-c4ccc(F)cc4)c3C[C@@H]1CCN(S(=O)(=O)c1ccc(Cl)c(Cl)c1)C2. The zero-order valence-corrected chi connectivity index (χ0v) is 20.7. The molecule has 1 aliphatic carbocycles. The van der Waals surface area contributed by atoms with E-state index in [1.807, 2.05) is 0 Å². The third kappa shape index (κ3) is 3.77. The summed E-state index contributed by atoms with van der Waals surface area (Å²) in [6, 6.07) is 10.3. The van der Waals surface area contributed by atoms with Gasteiger partial charge in [-0.1, -0.05) is 23.2 Å². The number of carbonyl (C=O) groups is 1. The van der Waals surface area contributed by atoms with Gasteiger partial charge in [-0.25, -0.2) is 17.5 Å². The molecule has 0 spiro atoms. The Morgan fingerprint density at radius 1 is 1.15 bits per heavy atom. The summed E-state index contributed by atoms with van der Waals surface area (Å²) in [5.41, 5.74) is 1.79. The molecule has 1 fully saturated rings. The van der Waals surface area contributed by atoms with Crippen molar-refractivity contribution in [3.8, 4) is 5.69 Å². The second kappa shape index (κ2) is 8.45. The molecule has 0 amide bonds. The van der Waals surface area contributed by atoms with Gasteiger partial charge in [0.25, 0.3) is 0 Å². The van der Waals surface area contributed by atoms with Crippen LogP contribution in [0.5, 0.6) is 0 Å². The highest BCUT2D eigenvalue weighted by molar-refractivity contribution is 7.89. The number of hydrogen-bond acceptors (Lipinski definition) is 4. The van der Waals surface area contributed by atoms with Crippen LogP contribution < -0.4 is 0 Å². The summed E-state index contributed by atoms with van der Waals surface area (Å²) in [6.45, 7) is 1.93. The molecule has 5 rings (SSSR count). The summed E-state index contributed by atoms with van der Waals surface area (Å²) in [5.74, 6) is -0.392. The topological polar surface area (TPSA) is 72.3 Å². The number of aromatic nitrogens is 2. The average molecular weight is 522 g/mol. The molecule has 3 aromatic rings. The number of benzene rings is 2. The Labute approximate surface area is 207 Å². The van der Waals surface area contributed by atoms with Crippen molar-refractivity contribution in [3.63, 3.8) is 0 Å². The van der Waals surface area contributed by atoms with Gasteiger partial charge >= 0.3 is 0 Å². The Kier molecular flexibility index (Phi) is 5.83. The van der Waals surface area contributed by atoms with Gasteiger partial charge in [0, 0.05) is 24.2 Å². The maximum absolute atomic E-state index is 13.4. The molecule has 0 unspecified atom stereocenters. The number of nitrogens with zero attached hydrogens (tertiary/aromatic N) is 3. The molecule has 0 radical (unpaired) electrons. The maximum Gasteiger partial charge on any atom is 0.243 e. The molecule has 1 aromatic heterocycles. The zero-order valence-electron chi connectivity index (χ0n) is 18.3. The summed E-state index contributed by atoms with van der Waals surface area (Å²) in [4.78, 5) is 13.1. The minimum Gasteiger partial charge on any atom is -0.299 e. The number of sulfonamides is 1. The van der Waals surface area contributed by atoms with E-state index in [0.717, 1.165) is 16.9 Å². The smallest absolute Gasteiger partial charge is 0.243 e. The molecule has 2 heterocycles. The van der Waals surface area contributed by atoms with Crippen molar-refractivity contribution in [3.05, 3.63) is 75.8 Å². The molecule has 6 nitrogen and oxygen atoms in total. The van der Waals surface area contributed by atoms with Gasteiger partial charge in [-0.3, -0.25) is 4.79 Å².